The maximum absolute atomic E-state index is 12.8. The first-order chi connectivity index (χ1) is 14.5. The van der Waals surface area contributed by atoms with Crippen molar-refractivity contribution in [3.05, 3.63) is 57.1 Å². The second-order valence-corrected chi connectivity index (χ2v) is 9.09. The molecule has 1 atom stereocenters. The maximum atomic E-state index is 12.8. The lowest BCUT2D eigenvalue weighted by atomic mass is 9.89. The fourth-order valence-corrected chi connectivity index (χ4v) is 5.47. The Bertz CT molecular complexity index is 1320. The number of carbonyl (C=O) groups is 1. The van der Waals surface area contributed by atoms with E-state index in [1.807, 2.05) is 24.3 Å². The molecule has 0 aliphatic heterocycles. The van der Waals surface area contributed by atoms with Gasteiger partial charge in [0.1, 0.15) is 17.7 Å². The number of thiophene rings is 1. The van der Waals surface area contributed by atoms with Gasteiger partial charge < -0.3 is 5.32 Å². The molecule has 1 aliphatic rings. The van der Waals surface area contributed by atoms with Gasteiger partial charge in [0.2, 0.25) is 5.91 Å². The molecular weight excluding hydrogens is 398 g/mol. The molecule has 1 N–H and O–H groups in total. The highest BCUT2D eigenvalue weighted by atomic mass is 32.1. The normalized spacial score (nSPS) is 16.1. The predicted octanol–water partition coefficient (Wildman–Crippen LogP) is 3.43. The Kier molecular flexibility index (Phi) is 4.66. The number of aryl methyl sites for hydroxylation is 2. The minimum Gasteiger partial charge on any atom is -0.324 e. The Labute approximate surface area is 177 Å². The molecule has 1 amide bonds. The van der Waals surface area contributed by atoms with Crippen molar-refractivity contribution in [3.63, 3.8) is 0 Å². The summed E-state index contributed by atoms with van der Waals surface area (Å²) >= 11 is 1.70. The van der Waals surface area contributed by atoms with Gasteiger partial charge in [0.15, 0.2) is 5.65 Å². The smallest absolute Gasteiger partial charge is 0.324 e. The van der Waals surface area contributed by atoms with Crippen LogP contribution in [-0.2, 0) is 30.6 Å². The summed E-state index contributed by atoms with van der Waals surface area (Å²) < 4.78 is 2.68. The van der Waals surface area contributed by atoms with Crippen molar-refractivity contribution in [2.24, 2.45) is 5.92 Å². The topological polar surface area (TPSA) is 81.3 Å². The third-order valence-corrected chi connectivity index (χ3v) is 6.98. The highest BCUT2D eigenvalue weighted by molar-refractivity contribution is 7.19. The van der Waals surface area contributed by atoms with Gasteiger partial charge in [0, 0.05) is 10.6 Å². The van der Waals surface area contributed by atoms with Gasteiger partial charge in [-0.15, -0.1) is 16.4 Å². The minimum atomic E-state index is -0.347. The van der Waals surface area contributed by atoms with Crippen molar-refractivity contribution in [2.75, 3.05) is 5.32 Å². The van der Waals surface area contributed by atoms with E-state index in [2.05, 4.69) is 29.2 Å². The van der Waals surface area contributed by atoms with Crippen LogP contribution in [0.2, 0.25) is 0 Å². The Morgan fingerprint density at radius 3 is 2.87 bits per heavy atom. The van der Waals surface area contributed by atoms with Gasteiger partial charge in [-0.05, 0) is 54.9 Å². The van der Waals surface area contributed by atoms with Crippen LogP contribution in [0.1, 0.15) is 36.3 Å². The van der Waals surface area contributed by atoms with Crippen molar-refractivity contribution >= 4 is 38.8 Å². The summed E-state index contributed by atoms with van der Waals surface area (Å²) in [5.41, 5.74) is 3.43. The summed E-state index contributed by atoms with van der Waals surface area (Å²) in [5.74, 6) is 0.381. The highest BCUT2D eigenvalue weighted by Gasteiger charge is 2.24. The fraction of sp³-hybridized carbons (Fsp3) is 0.364. The van der Waals surface area contributed by atoms with Crippen LogP contribution in [0.4, 0.5) is 5.69 Å². The van der Waals surface area contributed by atoms with Gasteiger partial charge in [-0.1, -0.05) is 26.0 Å². The second kappa shape index (κ2) is 7.36. The summed E-state index contributed by atoms with van der Waals surface area (Å²) in [7, 11) is 0. The Hall–Kier alpha value is -3.00. The quantitative estimate of drug-likeness (QED) is 0.547. The van der Waals surface area contributed by atoms with Crippen LogP contribution in [0.5, 0.6) is 0 Å². The van der Waals surface area contributed by atoms with E-state index in [0.717, 1.165) is 35.9 Å². The van der Waals surface area contributed by atoms with Crippen molar-refractivity contribution < 1.29 is 4.79 Å². The number of nitrogens with one attached hydrogen (secondary N) is 1. The summed E-state index contributed by atoms with van der Waals surface area (Å²) in [6.45, 7) is 4.21. The largest absolute Gasteiger partial charge is 0.352 e. The lowest BCUT2D eigenvalue weighted by molar-refractivity contribution is -0.117. The first kappa shape index (κ1) is 19.0. The number of nitrogens with zero attached hydrogens (tertiary/aromatic N) is 4. The molecule has 0 saturated carbocycles. The molecule has 1 aromatic carbocycles. The first-order valence-electron chi connectivity index (χ1n) is 10.3. The highest BCUT2D eigenvalue weighted by Crippen LogP contribution is 2.38. The number of rotatable bonds is 4. The van der Waals surface area contributed by atoms with Crippen LogP contribution < -0.4 is 11.0 Å². The second-order valence-electron chi connectivity index (χ2n) is 8.01. The van der Waals surface area contributed by atoms with Gasteiger partial charge >= 0.3 is 5.69 Å². The molecule has 3 heterocycles. The SMILES string of the molecule is CCc1ccc(NC(=O)Cn2nc3c4c5c(sc4ncn3c2=O)C[C@@H](C)CC5)cc1. The van der Waals surface area contributed by atoms with Crippen LogP contribution >= 0.6 is 11.3 Å². The zero-order valence-electron chi connectivity index (χ0n) is 17.0. The Morgan fingerprint density at radius 1 is 1.30 bits per heavy atom. The van der Waals surface area contributed by atoms with Crippen molar-refractivity contribution in [1.29, 1.82) is 0 Å². The van der Waals surface area contributed by atoms with Gasteiger partial charge in [-0.2, -0.15) is 0 Å². The zero-order chi connectivity index (χ0) is 20.8. The molecule has 4 aromatic rings. The van der Waals surface area contributed by atoms with Crippen molar-refractivity contribution in [2.45, 2.75) is 46.1 Å². The molecular formula is C22H23N5O2S. The van der Waals surface area contributed by atoms with E-state index in [0.29, 0.717) is 17.3 Å². The predicted molar refractivity (Wildman–Crippen MR) is 118 cm³/mol. The molecule has 7 nitrogen and oxygen atoms in total. The molecule has 1 aliphatic carbocycles. The average Bonchev–Trinajstić information content (AvgIpc) is 3.25. The number of fused-ring (bicyclic) bond motifs is 5. The molecule has 0 fully saturated rings. The summed E-state index contributed by atoms with van der Waals surface area (Å²) in [6.07, 6.45) is 5.62. The van der Waals surface area contributed by atoms with E-state index in [4.69, 9.17) is 0 Å². The van der Waals surface area contributed by atoms with Crippen LogP contribution in [0.15, 0.2) is 35.4 Å². The molecule has 0 spiro atoms. The van der Waals surface area contributed by atoms with Crippen LogP contribution in [-0.4, -0.2) is 25.1 Å². The number of amides is 1. The molecule has 0 bridgehead atoms. The van der Waals surface area contributed by atoms with Crippen LogP contribution in [0, 0.1) is 5.92 Å². The van der Waals surface area contributed by atoms with Gasteiger partial charge in [-0.3, -0.25) is 4.79 Å². The third-order valence-electron chi connectivity index (χ3n) is 5.82. The number of anilines is 1. The van der Waals surface area contributed by atoms with E-state index in [1.165, 1.54) is 31.4 Å². The van der Waals surface area contributed by atoms with Gasteiger partial charge in [-0.25, -0.2) is 18.9 Å². The minimum absolute atomic E-state index is 0.138. The van der Waals surface area contributed by atoms with Crippen LogP contribution in [0.25, 0.3) is 15.9 Å². The molecule has 30 heavy (non-hydrogen) atoms. The summed E-state index contributed by atoms with van der Waals surface area (Å²) in [4.78, 5) is 32.1. The molecule has 0 unspecified atom stereocenters. The van der Waals surface area contributed by atoms with Crippen molar-refractivity contribution in [1.82, 2.24) is 19.2 Å². The van der Waals surface area contributed by atoms with Gasteiger partial charge in [0.05, 0.1) is 5.39 Å². The van der Waals surface area contributed by atoms with E-state index < -0.39 is 0 Å². The molecule has 0 radical (unpaired) electrons. The standard InChI is InChI=1S/C22H23N5O2S/c1-3-14-5-7-15(8-6-14)24-18(28)11-27-22(29)26-12-23-21-19(20(26)25-27)16-9-4-13(2)10-17(16)30-21/h5-8,12-13H,3-4,9-11H2,1-2H3,(H,24,28)/t13-/m0/s1. The number of hydrogen-bond donors (Lipinski definition) is 1. The van der Waals surface area contributed by atoms with E-state index in [-0.39, 0.29) is 18.1 Å². The van der Waals surface area contributed by atoms with Crippen LogP contribution in [0.3, 0.4) is 0 Å². The lowest BCUT2D eigenvalue weighted by Crippen LogP contribution is -2.28. The number of hydrogen-bond acceptors (Lipinski definition) is 5. The maximum Gasteiger partial charge on any atom is 0.352 e. The summed E-state index contributed by atoms with van der Waals surface area (Å²) in [6, 6.07) is 7.70. The lowest BCUT2D eigenvalue weighted by Gasteiger charge is -2.17. The zero-order valence-corrected chi connectivity index (χ0v) is 17.8. The number of carbonyl (C=O) groups excluding carboxylic acids is 1. The van der Waals surface area contributed by atoms with E-state index >= 15 is 0 Å². The van der Waals surface area contributed by atoms with E-state index in [1.54, 1.807) is 11.3 Å². The molecule has 154 valence electrons. The third kappa shape index (κ3) is 3.21. The monoisotopic (exact) mass is 421 g/mol. The van der Waals surface area contributed by atoms with Crippen molar-refractivity contribution in [3.8, 4) is 0 Å². The molecule has 0 saturated heterocycles. The fourth-order valence-electron chi connectivity index (χ4n) is 4.13. The Morgan fingerprint density at radius 2 is 2.10 bits per heavy atom. The number of benzene rings is 1. The number of aromatic nitrogens is 4. The molecule has 5 rings (SSSR count). The average molecular weight is 422 g/mol. The first-order valence-corrected chi connectivity index (χ1v) is 11.1. The molecule has 3 aromatic heterocycles. The van der Waals surface area contributed by atoms with Gasteiger partial charge in [0.25, 0.3) is 0 Å². The van der Waals surface area contributed by atoms with E-state index in [9.17, 15) is 9.59 Å². The summed E-state index contributed by atoms with van der Waals surface area (Å²) in [5, 5.41) is 8.33. The Balaban J connectivity index is 1.47. The molecule has 8 heteroatoms.